The van der Waals surface area contributed by atoms with E-state index in [2.05, 4.69) is 113 Å². The van der Waals surface area contributed by atoms with Crippen molar-refractivity contribution < 1.29 is 0 Å². The number of benzene rings is 2. The van der Waals surface area contributed by atoms with Crippen molar-refractivity contribution in [1.29, 1.82) is 0 Å². The van der Waals surface area contributed by atoms with Gasteiger partial charge in [-0.25, -0.2) is 0 Å². The molecule has 6 heteroatoms. The van der Waals surface area contributed by atoms with E-state index in [1.54, 1.807) is 0 Å². The molecule has 1 saturated heterocycles. The number of rotatable bonds is 5. The number of aryl methyl sites for hydroxylation is 3. The third-order valence-corrected chi connectivity index (χ3v) is 8.12. The first-order valence-electron chi connectivity index (χ1n) is 11.9. The average Bonchev–Trinajstić information content (AvgIpc) is 3.36. The maximum Gasteiger partial charge on any atom is 0.174 e. The molecule has 5 rings (SSSR count). The Kier molecular flexibility index (Phi) is 6.51. The molecule has 3 heterocycles. The molecule has 0 amide bonds. The second-order valence-electron chi connectivity index (χ2n) is 9.07. The molecule has 0 spiro atoms. The van der Waals surface area contributed by atoms with E-state index < -0.39 is 0 Å². The number of aromatic nitrogens is 2. The van der Waals surface area contributed by atoms with Crippen LogP contribution in [-0.2, 0) is 6.42 Å². The number of para-hydroxylation sites is 1. The van der Waals surface area contributed by atoms with Crippen molar-refractivity contribution in [2.45, 2.75) is 46.2 Å². The summed E-state index contributed by atoms with van der Waals surface area (Å²) < 4.78 is 3.47. The molecule has 1 aliphatic heterocycles. The van der Waals surface area contributed by atoms with Crippen LogP contribution in [0.1, 0.15) is 52.8 Å². The summed E-state index contributed by atoms with van der Waals surface area (Å²) in [5, 5.41) is 4.31. The highest BCUT2D eigenvalue weighted by molar-refractivity contribution is 9.10. The van der Waals surface area contributed by atoms with Crippen molar-refractivity contribution in [3.63, 3.8) is 0 Å². The van der Waals surface area contributed by atoms with Gasteiger partial charge < -0.3 is 14.8 Å². The first-order chi connectivity index (χ1) is 16.9. The van der Waals surface area contributed by atoms with Gasteiger partial charge in [0.1, 0.15) is 0 Å². The molecular weight excluding hydrogens is 516 g/mol. The topological polar surface area (TPSA) is 33.1 Å². The van der Waals surface area contributed by atoms with Crippen molar-refractivity contribution in [1.82, 2.24) is 14.9 Å². The average molecular weight is 546 g/mol. The van der Waals surface area contributed by atoms with E-state index in [1.165, 1.54) is 33.8 Å². The molecule has 0 radical (unpaired) electrons. The fourth-order valence-electron chi connectivity index (χ4n) is 5.21. The molecule has 2 unspecified atom stereocenters. The van der Waals surface area contributed by atoms with Gasteiger partial charge in [0, 0.05) is 33.4 Å². The zero-order chi connectivity index (χ0) is 24.7. The van der Waals surface area contributed by atoms with Crippen LogP contribution in [0.15, 0.2) is 77.4 Å². The van der Waals surface area contributed by atoms with E-state index in [0.29, 0.717) is 5.11 Å². The van der Waals surface area contributed by atoms with Crippen LogP contribution in [0, 0.1) is 20.8 Å². The maximum atomic E-state index is 5.94. The Morgan fingerprint density at radius 2 is 1.77 bits per heavy atom. The van der Waals surface area contributed by atoms with Crippen LogP contribution in [0.4, 0.5) is 5.69 Å². The first kappa shape index (κ1) is 23.8. The molecule has 1 fully saturated rings. The summed E-state index contributed by atoms with van der Waals surface area (Å²) >= 11 is 9.58. The standard InChI is InChI=1S/C29H29BrN4S/c1-5-21-10-6-7-12-26(21)33-19(3)17-23(20(33)4)28-27(25-11-8-9-15-31-25)32-29(35)34(28)22-13-14-24(30)18(2)16-22/h6-17,27-28H,5H2,1-4H3,(H,32,35). The molecule has 0 saturated carbocycles. The number of pyridine rings is 1. The summed E-state index contributed by atoms with van der Waals surface area (Å²) in [7, 11) is 0. The van der Waals surface area contributed by atoms with Crippen molar-refractivity contribution >= 4 is 38.9 Å². The summed E-state index contributed by atoms with van der Waals surface area (Å²) in [6, 6.07) is 23.4. The van der Waals surface area contributed by atoms with Crippen LogP contribution in [0.2, 0.25) is 0 Å². The fraction of sp³-hybridized carbons (Fsp3) is 0.241. The molecule has 35 heavy (non-hydrogen) atoms. The quantitative estimate of drug-likeness (QED) is 0.267. The summed E-state index contributed by atoms with van der Waals surface area (Å²) in [5.74, 6) is 0. The Bertz CT molecular complexity index is 1400. The molecule has 178 valence electrons. The highest BCUT2D eigenvalue weighted by Gasteiger charge is 2.42. The van der Waals surface area contributed by atoms with Crippen LogP contribution in [-0.4, -0.2) is 14.7 Å². The van der Waals surface area contributed by atoms with Crippen LogP contribution < -0.4 is 10.2 Å². The lowest BCUT2D eigenvalue weighted by Crippen LogP contribution is -2.29. The van der Waals surface area contributed by atoms with Crippen LogP contribution >= 0.6 is 28.1 Å². The van der Waals surface area contributed by atoms with Gasteiger partial charge >= 0.3 is 0 Å². The Morgan fingerprint density at radius 1 is 1.00 bits per heavy atom. The number of anilines is 1. The molecule has 4 aromatic rings. The van der Waals surface area contributed by atoms with E-state index in [0.717, 1.165) is 22.3 Å². The highest BCUT2D eigenvalue weighted by atomic mass is 79.9. The van der Waals surface area contributed by atoms with Crippen molar-refractivity contribution in [3.05, 3.63) is 111 Å². The molecule has 0 bridgehead atoms. The molecule has 1 N–H and O–H groups in total. The number of hydrogen-bond donors (Lipinski definition) is 1. The molecule has 4 nitrogen and oxygen atoms in total. The van der Waals surface area contributed by atoms with Gasteiger partial charge in [-0.05, 0) is 98.6 Å². The molecule has 1 aliphatic rings. The SMILES string of the molecule is CCc1ccccc1-n1c(C)cc(C2C(c3ccccn3)NC(=S)N2c2ccc(Br)c(C)c2)c1C. The van der Waals surface area contributed by atoms with Gasteiger partial charge in [0.05, 0.1) is 17.8 Å². The molecule has 2 aromatic heterocycles. The van der Waals surface area contributed by atoms with E-state index in [9.17, 15) is 0 Å². The van der Waals surface area contributed by atoms with E-state index in [1.807, 2.05) is 18.3 Å². The van der Waals surface area contributed by atoms with Gasteiger partial charge in [0.25, 0.3) is 0 Å². The van der Waals surface area contributed by atoms with Crippen molar-refractivity contribution in [2.24, 2.45) is 0 Å². The van der Waals surface area contributed by atoms with E-state index in [4.69, 9.17) is 17.2 Å². The largest absolute Gasteiger partial charge is 0.351 e. The van der Waals surface area contributed by atoms with Crippen molar-refractivity contribution in [3.8, 4) is 5.69 Å². The Balaban J connectivity index is 1.70. The lowest BCUT2D eigenvalue weighted by Gasteiger charge is -2.28. The predicted octanol–water partition coefficient (Wildman–Crippen LogP) is 7.30. The lowest BCUT2D eigenvalue weighted by molar-refractivity contribution is 0.565. The summed E-state index contributed by atoms with van der Waals surface area (Å²) in [6.07, 6.45) is 2.84. The highest BCUT2D eigenvalue weighted by Crippen LogP contribution is 2.44. The lowest BCUT2D eigenvalue weighted by atomic mass is 9.96. The predicted molar refractivity (Wildman–Crippen MR) is 151 cm³/mol. The minimum Gasteiger partial charge on any atom is -0.351 e. The van der Waals surface area contributed by atoms with Gasteiger partial charge in [0.15, 0.2) is 5.11 Å². The molecule has 2 atom stereocenters. The third kappa shape index (κ3) is 4.19. The summed E-state index contributed by atoms with van der Waals surface area (Å²) in [6.45, 7) is 8.73. The second-order valence-corrected chi connectivity index (χ2v) is 10.3. The number of halogens is 1. The van der Waals surface area contributed by atoms with Gasteiger partial charge in [0.2, 0.25) is 0 Å². The Morgan fingerprint density at radius 3 is 2.49 bits per heavy atom. The van der Waals surface area contributed by atoms with Crippen LogP contribution in [0.5, 0.6) is 0 Å². The minimum atomic E-state index is -0.0666. The van der Waals surface area contributed by atoms with Crippen LogP contribution in [0.3, 0.4) is 0 Å². The number of nitrogens with one attached hydrogen (secondary N) is 1. The summed E-state index contributed by atoms with van der Waals surface area (Å²) in [5.41, 5.74) is 9.49. The first-order valence-corrected chi connectivity index (χ1v) is 13.1. The van der Waals surface area contributed by atoms with Gasteiger partial charge in [-0.3, -0.25) is 4.98 Å². The van der Waals surface area contributed by atoms with E-state index >= 15 is 0 Å². The molecular formula is C29H29BrN4S. The fourth-order valence-corrected chi connectivity index (χ4v) is 5.81. The second kappa shape index (κ2) is 9.59. The Labute approximate surface area is 221 Å². The smallest absolute Gasteiger partial charge is 0.174 e. The molecule has 0 aliphatic carbocycles. The van der Waals surface area contributed by atoms with E-state index in [-0.39, 0.29) is 12.1 Å². The minimum absolute atomic E-state index is 0.0354. The van der Waals surface area contributed by atoms with Gasteiger partial charge in [-0.15, -0.1) is 0 Å². The normalized spacial score (nSPS) is 17.6. The summed E-state index contributed by atoms with van der Waals surface area (Å²) in [4.78, 5) is 6.97. The van der Waals surface area contributed by atoms with Gasteiger partial charge in [-0.2, -0.15) is 0 Å². The molecule has 2 aromatic carbocycles. The monoisotopic (exact) mass is 544 g/mol. The van der Waals surface area contributed by atoms with Gasteiger partial charge in [-0.1, -0.05) is 47.1 Å². The third-order valence-electron chi connectivity index (χ3n) is 6.92. The maximum absolute atomic E-state index is 5.94. The van der Waals surface area contributed by atoms with Crippen LogP contribution in [0.25, 0.3) is 5.69 Å². The van der Waals surface area contributed by atoms with Crippen molar-refractivity contribution in [2.75, 3.05) is 4.90 Å². The zero-order valence-electron chi connectivity index (χ0n) is 20.4. The number of thiocarbonyl (C=S) groups is 1. The zero-order valence-corrected chi connectivity index (χ0v) is 22.8. The Hall–Kier alpha value is -2.96. The number of nitrogens with zero attached hydrogens (tertiary/aromatic N) is 3. The number of hydrogen-bond acceptors (Lipinski definition) is 2.